The number of hydrogen-bond donors (Lipinski definition) is 1. The number of anilines is 1. The van der Waals surface area contributed by atoms with Crippen LogP contribution < -0.4 is 5.32 Å². The standard InChI is InChI=1S/C15H18N4O/c1-4-19(3)15(20)18-13-7-5-12(6-8-13)14-16-10-9-11(2)17-14/h5-10H,4H2,1-3H3,(H,18,20). The third-order valence-corrected chi connectivity index (χ3v) is 3.01. The molecule has 0 atom stereocenters. The number of aryl methyl sites for hydroxylation is 1. The summed E-state index contributed by atoms with van der Waals surface area (Å²) >= 11 is 0. The molecule has 1 aromatic heterocycles. The third kappa shape index (κ3) is 3.32. The first-order chi connectivity index (χ1) is 9.60. The minimum absolute atomic E-state index is 0.118. The van der Waals surface area contributed by atoms with E-state index in [1.807, 2.05) is 44.2 Å². The van der Waals surface area contributed by atoms with Crippen molar-refractivity contribution in [1.29, 1.82) is 0 Å². The van der Waals surface area contributed by atoms with E-state index < -0.39 is 0 Å². The molecule has 5 heteroatoms. The molecule has 0 aliphatic rings. The molecule has 0 saturated carbocycles. The van der Waals surface area contributed by atoms with E-state index in [1.165, 1.54) is 0 Å². The maximum absolute atomic E-state index is 11.7. The average Bonchev–Trinajstić information content (AvgIpc) is 2.47. The number of aromatic nitrogens is 2. The molecule has 1 aromatic carbocycles. The Labute approximate surface area is 118 Å². The van der Waals surface area contributed by atoms with Crippen LogP contribution in [0, 0.1) is 6.92 Å². The summed E-state index contributed by atoms with van der Waals surface area (Å²) in [6.07, 6.45) is 1.74. The predicted octanol–water partition coefficient (Wildman–Crippen LogP) is 2.94. The van der Waals surface area contributed by atoms with Crippen molar-refractivity contribution in [1.82, 2.24) is 14.9 Å². The molecular weight excluding hydrogens is 252 g/mol. The van der Waals surface area contributed by atoms with E-state index in [2.05, 4.69) is 15.3 Å². The molecule has 2 amide bonds. The van der Waals surface area contributed by atoms with Gasteiger partial charge in [0.1, 0.15) is 0 Å². The third-order valence-electron chi connectivity index (χ3n) is 3.01. The topological polar surface area (TPSA) is 58.1 Å². The molecule has 5 nitrogen and oxygen atoms in total. The van der Waals surface area contributed by atoms with Crippen molar-refractivity contribution in [3.8, 4) is 11.4 Å². The van der Waals surface area contributed by atoms with E-state index in [-0.39, 0.29) is 6.03 Å². The van der Waals surface area contributed by atoms with E-state index >= 15 is 0 Å². The van der Waals surface area contributed by atoms with E-state index in [0.29, 0.717) is 12.4 Å². The lowest BCUT2D eigenvalue weighted by Gasteiger charge is -2.15. The van der Waals surface area contributed by atoms with Gasteiger partial charge in [-0.2, -0.15) is 0 Å². The number of carbonyl (C=O) groups is 1. The molecule has 0 aliphatic heterocycles. The van der Waals surface area contributed by atoms with Crippen molar-refractivity contribution in [2.45, 2.75) is 13.8 Å². The molecule has 20 heavy (non-hydrogen) atoms. The molecule has 2 rings (SSSR count). The summed E-state index contributed by atoms with van der Waals surface area (Å²) in [5.41, 5.74) is 2.61. The Hall–Kier alpha value is -2.43. The van der Waals surface area contributed by atoms with Gasteiger partial charge in [0.25, 0.3) is 0 Å². The number of nitrogens with zero attached hydrogens (tertiary/aromatic N) is 3. The molecule has 1 N–H and O–H groups in total. The Kier molecular flexibility index (Phi) is 4.30. The van der Waals surface area contributed by atoms with Crippen molar-refractivity contribution in [2.24, 2.45) is 0 Å². The van der Waals surface area contributed by atoms with Crippen LogP contribution in [0.2, 0.25) is 0 Å². The van der Waals surface area contributed by atoms with E-state index in [1.54, 1.807) is 18.1 Å². The van der Waals surface area contributed by atoms with Crippen LogP contribution in [0.15, 0.2) is 36.5 Å². The summed E-state index contributed by atoms with van der Waals surface area (Å²) in [7, 11) is 1.75. The second-order valence-corrected chi connectivity index (χ2v) is 4.54. The highest BCUT2D eigenvalue weighted by Crippen LogP contribution is 2.18. The maximum Gasteiger partial charge on any atom is 0.321 e. The summed E-state index contributed by atoms with van der Waals surface area (Å²) in [4.78, 5) is 21.9. The first kappa shape index (κ1) is 14.0. The Balaban J connectivity index is 2.12. The fourth-order valence-corrected chi connectivity index (χ4v) is 1.65. The summed E-state index contributed by atoms with van der Waals surface area (Å²) in [5.74, 6) is 0.688. The van der Waals surface area contributed by atoms with Gasteiger partial charge in [-0.05, 0) is 44.2 Å². The average molecular weight is 270 g/mol. The summed E-state index contributed by atoms with van der Waals surface area (Å²) < 4.78 is 0. The zero-order chi connectivity index (χ0) is 14.5. The predicted molar refractivity (Wildman–Crippen MR) is 79.5 cm³/mol. The summed E-state index contributed by atoms with van der Waals surface area (Å²) in [6, 6.07) is 9.24. The van der Waals surface area contributed by atoms with Crippen LogP contribution in [0.1, 0.15) is 12.6 Å². The number of carbonyl (C=O) groups excluding carboxylic acids is 1. The molecule has 0 bridgehead atoms. The van der Waals surface area contributed by atoms with Crippen LogP contribution in [0.5, 0.6) is 0 Å². The molecule has 0 unspecified atom stereocenters. The van der Waals surface area contributed by atoms with Gasteiger partial charge in [-0.3, -0.25) is 0 Å². The van der Waals surface area contributed by atoms with Crippen LogP contribution in [-0.2, 0) is 0 Å². The monoisotopic (exact) mass is 270 g/mol. The molecule has 0 aliphatic carbocycles. The van der Waals surface area contributed by atoms with Crippen molar-refractivity contribution in [2.75, 3.05) is 18.9 Å². The number of urea groups is 1. The lowest BCUT2D eigenvalue weighted by molar-refractivity contribution is 0.224. The highest BCUT2D eigenvalue weighted by Gasteiger charge is 2.07. The van der Waals surface area contributed by atoms with Crippen LogP contribution >= 0.6 is 0 Å². The van der Waals surface area contributed by atoms with Crippen LogP contribution in [0.4, 0.5) is 10.5 Å². The first-order valence-corrected chi connectivity index (χ1v) is 6.52. The largest absolute Gasteiger partial charge is 0.328 e. The quantitative estimate of drug-likeness (QED) is 0.932. The van der Waals surface area contributed by atoms with Gasteiger partial charge in [0.05, 0.1) is 0 Å². The van der Waals surface area contributed by atoms with Gasteiger partial charge < -0.3 is 10.2 Å². The van der Waals surface area contributed by atoms with Gasteiger partial charge in [0, 0.05) is 36.7 Å². The SMILES string of the molecule is CCN(C)C(=O)Nc1ccc(-c2nccc(C)n2)cc1. The lowest BCUT2D eigenvalue weighted by Crippen LogP contribution is -2.30. The molecule has 1 heterocycles. The summed E-state index contributed by atoms with van der Waals surface area (Å²) in [5, 5.41) is 2.83. The minimum Gasteiger partial charge on any atom is -0.328 e. The van der Waals surface area contributed by atoms with Gasteiger partial charge in [-0.15, -0.1) is 0 Å². The second-order valence-electron chi connectivity index (χ2n) is 4.54. The molecular formula is C15H18N4O. The van der Waals surface area contributed by atoms with E-state index in [9.17, 15) is 4.79 Å². The molecule has 104 valence electrons. The fourth-order valence-electron chi connectivity index (χ4n) is 1.65. The molecule has 0 saturated heterocycles. The Bertz CT molecular complexity index is 595. The van der Waals surface area contributed by atoms with Crippen LogP contribution in [0.3, 0.4) is 0 Å². The molecule has 0 spiro atoms. The van der Waals surface area contributed by atoms with E-state index in [0.717, 1.165) is 16.9 Å². The number of amides is 2. The van der Waals surface area contributed by atoms with Crippen molar-refractivity contribution >= 4 is 11.7 Å². The summed E-state index contributed by atoms with van der Waals surface area (Å²) in [6.45, 7) is 4.53. The highest BCUT2D eigenvalue weighted by atomic mass is 16.2. The fraction of sp³-hybridized carbons (Fsp3) is 0.267. The lowest BCUT2D eigenvalue weighted by atomic mass is 10.2. The maximum atomic E-state index is 11.7. The Morgan fingerprint density at radius 2 is 1.95 bits per heavy atom. The van der Waals surface area contributed by atoms with Gasteiger partial charge in [0.2, 0.25) is 0 Å². The van der Waals surface area contributed by atoms with Gasteiger partial charge in [-0.25, -0.2) is 14.8 Å². The number of hydrogen-bond acceptors (Lipinski definition) is 3. The number of nitrogens with one attached hydrogen (secondary N) is 1. The number of benzene rings is 1. The van der Waals surface area contributed by atoms with Crippen LogP contribution in [0.25, 0.3) is 11.4 Å². The molecule has 2 aromatic rings. The molecule has 0 radical (unpaired) electrons. The first-order valence-electron chi connectivity index (χ1n) is 6.52. The van der Waals surface area contributed by atoms with E-state index in [4.69, 9.17) is 0 Å². The highest BCUT2D eigenvalue weighted by molar-refractivity contribution is 5.89. The normalized spacial score (nSPS) is 10.2. The van der Waals surface area contributed by atoms with Gasteiger partial charge in [-0.1, -0.05) is 0 Å². The number of rotatable bonds is 3. The van der Waals surface area contributed by atoms with Crippen LogP contribution in [-0.4, -0.2) is 34.5 Å². The minimum atomic E-state index is -0.118. The Morgan fingerprint density at radius 1 is 1.25 bits per heavy atom. The zero-order valence-corrected chi connectivity index (χ0v) is 11.9. The van der Waals surface area contributed by atoms with Gasteiger partial charge in [0.15, 0.2) is 5.82 Å². The Morgan fingerprint density at radius 3 is 2.55 bits per heavy atom. The van der Waals surface area contributed by atoms with Crippen molar-refractivity contribution in [3.05, 3.63) is 42.2 Å². The van der Waals surface area contributed by atoms with Gasteiger partial charge >= 0.3 is 6.03 Å². The zero-order valence-electron chi connectivity index (χ0n) is 11.9. The van der Waals surface area contributed by atoms with Crippen molar-refractivity contribution < 1.29 is 4.79 Å². The smallest absolute Gasteiger partial charge is 0.321 e. The molecule has 0 fully saturated rings. The van der Waals surface area contributed by atoms with Crippen molar-refractivity contribution in [3.63, 3.8) is 0 Å². The second kappa shape index (κ2) is 6.14.